The molecule has 0 saturated heterocycles. The third kappa shape index (κ3) is 3.74. The van der Waals surface area contributed by atoms with Crippen LogP contribution in [0.4, 0.5) is 11.4 Å². The van der Waals surface area contributed by atoms with Gasteiger partial charge in [-0.25, -0.2) is 4.98 Å². The van der Waals surface area contributed by atoms with Gasteiger partial charge in [-0.15, -0.1) is 0 Å². The fourth-order valence-electron chi connectivity index (χ4n) is 2.14. The van der Waals surface area contributed by atoms with E-state index in [1.54, 1.807) is 0 Å². The molecular weight excluding hydrogens is 252 g/mol. The van der Waals surface area contributed by atoms with Gasteiger partial charge >= 0.3 is 0 Å². The number of aromatic nitrogens is 2. The summed E-state index contributed by atoms with van der Waals surface area (Å²) in [7, 11) is 0. The Kier molecular flexibility index (Phi) is 5.01. The van der Waals surface area contributed by atoms with Crippen LogP contribution in [0.1, 0.15) is 18.4 Å². The van der Waals surface area contributed by atoms with Gasteiger partial charge in [0, 0.05) is 24.5 Å². The summed E-state index contributed by atoms with van der Waals surface area (Å²) in [6.45, 7) is 6.49. The molecule has 0 saturated carbocycles. The summed E-state index contributed by atoms with van der Waals surface area (Å²) in [5, 5.41) is 12.4. The molecule has 0 radical (unpaired) electrons. The average molecular weight is 274 g/mol. The van der Waals surface area contributed by atoms with Crippen molar-refractivity contribution in [1.82, 2.24) is 9.97 Å². The Morgan fingerprint density at radius 1 is 1.30 bits per heavy atom. The predicted molar refractivity (Wildman–Crippen MR) is 82.1 cm³/mol. The number of hydrogen-bond donors (Lipinski definition) is 3. The largest absolute Gasteiger partial charge is 0.395 e. The first kappa shape index (κ1) is 14.4. The first-order chi connectivity index (χ1) is 9.72. The maximum Gasteiger partial charge on any atom is 0.103 e. The van der Waals surface area contributed by atoms with E-state index in [1.807, 2.05) is 13.1 Å². The minimum atomic E-state index is 0.174. The number of aromatic amines is 1. The van der Waals surface area contributed by atoms with E-state index >= 15 is 0 Å². The first-order valence-corrected chi connectivity index (χ1v) is 6.93. The summed E-state index contributed by atoms with van der Waals surface area (Å²) < 4.78 is 0. The standard InChI is InChI=1S/C15H22N4O/c1-3-19(8-9-20)15-6-4-13(5-7-15)17-11-14-10-16-12(2)18-14/h4-7,10,17,20H,3,8-9,11H2,1-2H3,(H,16,18). The van der Waals surface area contributed by atoms with Crippen LogP contribution in [0.25, 0.3) is 0 Å². The van der Waals surface area contributed by atoms with Gasteiger partial charge in [0.25, 0.3) is 0 Å². The van der Waals surface area contributed by atoms with Crippen LogP contribution in [0.15, 0.2) is 30.5 Å². The highest BCUT2D eigenvalue weighted by Gasteiger charge is 2.03. The van der Waals surface area contributed by atoms with Crippen LogP contribution in [-0.4, -0.2) is 34.8 Å². The van der Waals surface area contributed by atoms with E-state index in [2.05, 4.69) is 51.4 Å². The summed E-state index contributed by atoms with van der Waals surface area (Å²) in [6, 6.07) is 8.25. The van der Waals surface area contributed by atoms with Crippen LogP contribution in [-0.2, 0) is 6.54 Å². The molecule has 0 unspecified atom stereocenters. The van der Waals surface area contributed by atoms with Gasteiger partial charge < -0.3 is 20.3 Å². The number of H-pyrrole nitrogens is 1. The molecular formula is C15H22N4O. The monoisotopic (exact) mass is 274 g/mol. The third-order valence-electron chi connectivity index (χ3n) is 3.22. The number of rotatable bonds is 7. The molecule has 0 spiro atoms. The number of hydrogen-bond acceptors (Lipinski definition) is 4. The summed E-state index contributed by atoms with van der Waals surface area (Å²) in [5.41, 5.74) is 3.27. The molecule has 1 heterocycles. The number of aryl methyl sites for hydroxylation is 1. The minimum absolute atomic E-state index is 0.174. The molecule has 0 atom stereocenters. The molecule has 5 heteroatoms. The Balaban J connectivity index is 1.94. The van der Waals surface area contributed by atoms with Gasteiger partial charge in [0.1, 0.15) is 5.82 Å². The summed E-state index contributed by atoms with van der Waals surface area (Å²) in [6.07, 6.45) is 1.84. The van der Waals surface area contributed by atoms with Gasteiger partial charge in [-0.05, 0) is 38.1 Å². The zero-order valence-corrected chi connectivity index (χ0v) is 12.1. The molecule has 0 aliphatic carbocycles. The van der Waals surface area contributed by atoms with Crippen molar-refractivity contribution in [3.8, 4) is 0 Å². The minimum Gasteiger partial charge on any atom is -0.395 e. The van der Waals surface area contributed by atoms with Crippen molar-refractivity contribution >= 4 is 11.4 Å². The number of aliphatic hydroxyl groups excluding tert-OH is 1. The maximum atomic E-state index is 9.03. The second kappa shape index (κ2) is 6.96. The SMILES string of the molecule is CCN(CCO)c1ccc(NCc2cnc(C)[nH]2)cc1. The normalized spacial score (nSPS) is 10.6. The van der Waals surface area contributed by atoms with E-state index in [0.29, 0.717) is 6.54 Å². The van der Waals surface area contributed by atoms with Crippen LogP contribution in [0.5, 0.6) is 0 Å². The van der Waals surface area contributed by atoms with Crippen LogP contribution < -0.4 is 10.2 Å². The first-order valence-electron chi connectivity index (χ1n) is 6.93. The van der Waals surface area contributed by atoms with E-state index in [1.165, 1.54) is 0 Å². The number of benzene rings is 1. The van der Waals surface area contributed by atoms with E-state index in [4.69, 9.17) is 5.11 Å². The Labute approximate surface area is 119 Å². The number of aliphatic hydroxyl groups is 1. The topological polar surface area (TPSA) is 64.2 Å². The van der Waals surface area contributed by atoms with Gasteiger partial charge in [0.05, 0.1) is 25.0 Å². The fourth-order valence-corrected chi connectivity index (χ4v) is 2.14. The fraction of sp³-hybridized carbons (Fsp3) is 0.400. The second-order valence-electron chi connectivity index (χ2n) is 4.70. The van der Waals surface area contributed by atoms with Crippen LogP contribution >= 0.6 is 0 Å². The molecule has 5 nitrogen and oxygen atoms in total. The average Bonchev–Trinajstić information content (AvgIpc) is 2.89. The van der Waals surface area contributed by atoms with Gasteiger partial charge in [-0.2, -0.15) is 0 Å². The van der Waals surface area contributed by atoms with Gasteiger partial charge in [-0.3, -0.25) is 0 Å². The molecule has 108 valence electrons. The lowest BCUT2D eigenvalue weighted by atomic mass is 10.2. The van der Waals surface area contributed by atoms with Crippen LogP contribution in [0.3, 0.4) is 0 Å². The molecule has 2 rings (SSSR count). The summed E-state index contributed by atoms with van der Waals surface area (Å²) in [5.74, 6) is 0.930. The smallest absolute Gasteiger partial charge is 0.103 e. The van der Waals surface area contributed by atoms with Crippen molar-refractivity contribution in [1.29, 1.82) is 0 Å². The number of nitrogens with one attached hydrogen (secondary N) is 2. The number of anilines is 2. The molecule has 0 aliphatic rings. The lowest BCUT2D eigenvalue weighted by molar-refractivity contribution is 0.302. The highest BCUT2D eigenvalue weighted by molar-refractivity contribution is 5.55. The molecule has 0 fully saturated rings. The van der Waals surface area contributed by atoms with Crippen molar-refractivity contribution in [3.63, 3.8) is 0 Å². The highest BCUT2D eigenvalue weighted by Crippen LogP contribution is 2.18. The lowest BCUT2D eigenvalue weighted by Crippen LogP contribution is -2.25. The molecule has 0 aliphatic heterocycles. The summed E-state index contributed by atoms with van der Waals surface area (Å²) >= 11 is 0. The van der Waals surface area contributed by atoms with Crippen LogP contribution in [0.2, 0.25) is 0 Å². The van der Waals surface area contributed by atoms with Crippen LogP contribution in [0, 0.1) is 6.92 Å². The highest BCUT2D eigenvalue weighted by atomic mass is 16.3. The zero-order valence-electron chi connectivity index (χ0n) is 12.1. The number of nitrogens with zero attached hydrogens (tertiary/aromatic N) is 2. The van der Waals surface area contributed by atoms with Gasteiger partial charge in [-0.1, -0.05) is 0 Å². The molecule has 0 amide bonds. The van der Waals surface area contributed by atoms with Gasteiger partial charge in [0.2, 0.25) is 0 Å². The molecule has 2 aromatic rings. The van der Waals surface area contributed by atoms with Crippen molar-refractivity contribution in [3.05, 3.63) is 42.0 Å². The van der Waals surface area contributed by atoms with E-state index in [9.17, 15) is 0 Å². The van der Waals surface area contributed by atoms with Crippen molar-refractivity contribution < 1.29 is 5.11 Å². The quantitative estimate of drug-likeness (QED) is 0.724. The molecule has 0 bridgehead atoms. The molecule has 20 heavy (non-hydrogen) atoms. The lowest BCUT2D eigenvalue weighted by Gasteiger charge is -2.22. The molecule has 3 N–H and O–H groups in total. The number of imidazole rings is 1. The number of likely N-dealkylation sites (N-methyl/N-ethyl adjacent to an activating group) is 1. The van der Waals surface area contributed by atoms with E-state index in [-0.39, 0.29) is 6.61 Å². The molecule has 1 aromatic heterocycles. The maximum absolute atomic E-state index is 9.03. The Morgan fingerprint density at radius 2 is 2.05 bits per heavy atom. The Bertz CT molecular complexity index is 521. The second-order valence-corrected chi connectivity index (χ2v) is 4.70. The Hall–Kier alpha value is -2.01. The molecule has 1 aromatic carbocycles. The van der Waals surface area contributed by atoms with E-state index in [0.717, 1.165) is 36.0 Å². The van der Waals surface area contributed by atoms with E-state index < -0.39 is 0 Å². The Morgan fingerprint density at radius 3 is 2.60 bits per heavy atom. The summed E-state index contributed by atoms with van der Waals surface area (Å²) in [4.78, 5) is 9.50. The zero-order chi connectivity index (χ0) is 14.4. The third-order valence-corrected chi connectivity index (χ3v) is 3.22. The predicted octanol–water partition coefficient (Wildman–Crippen LogP) is 2.15. The van der Waals surface area contributed by atoms with Crippen molar-refractivity contribution in [2.45, 2.75) is 20.4 Å². The van der Waals surface area contributed by atoms with Crippen molar-refractivity contribution in [2.24, 2.45) is 0 Å². The van der Waals surface area contributed by atoms with Gasteiger partial charge in [0.15, 0.2) is 0 Å². The van der Waals surface area contributed by atoms with Crippen molar-refractivity contribution in [2.75, 3.05) is 29.9 Å².